The lowest BCUT2D eigenvalue weighted by molar-refractivity contribution is -0.177. The normalized spacial score (nSPS) is 11.0. The van der Waals surface area contributed by atoms with Crippen molar-refractivity contribution in [3.63, 3.8) is 0 Å². The number of hydrogen-bond donors (Lipinski definition) is 1. The molecular weight excluding hydrogens is 328 g/mol. The average molecular weight is 360 g/mol. The monoisotopic (exact) mass is 360 g/mol. The highest BCUT2D eigenvalue weighted by Gasteiger charge is 2.43. The van der Waals surface area contributed by atoms with Gasteiger partial charge in [0.2, 0.25) is 0 Å². The van der Waals surface area contributed by atoms with Gasteiger partial charge in [-0.3, -0.25) is 9.59 Å². The van der Waals surface area contributed by atoms with Crippen LogP contribution in [0.2, 0.25) is 0 Å². The quantitative estimate of drug-likeness (QED) is 0.289. The first-order valence-corrected chi connectivity index (χ1v) is 9.10. The van der Waals surface area contributed by atoms with Crippen LogP contribution in [0.25, 0.3) is 0 Å². The van der Waals surface area contributed by atoms with E-state index in [2.05, 4.69) is 0 Å². The lowest BCUT2D eigenvalue weighted by Crippen LogP contribution is -2.44. The Morgan fingerprint density at radius 1 is 0.760 bits per heavy atom. The van der Waals surface area contributed by atoms with Crippen molar-refractivity contribution in [1.82, 2.24) is 0 Å². The summed E-state index contributed by atoms with van der Waals surface area (Å²) in [7, 11) is 0. The van der Waals surface area contributed by atoms with E-state index in [-0.39, 0.29) is 19.8 Å². The standard InChI is InChI=1S/C18H32O7/c1-4-7-9-11-24-15(19)13-18(22,17(21)23-6-3)14-16(20)25-12-10-8-5-2/h22H,4-14H2,1-3H3. The molecule has 0 rings (SSSR count). The molecule has 0 aromatic carbocycles. The van der Waals surface area contributed by atoms with E-state index in [0.29, 0.717) is 12.8 Å². The average Bonchev–Trinajstić information content (AvgIpc) is 2.55. The lowest BCUT2D eigenvalue weighted by Gasteiger charge is -2.24. The number of hydrogen-bond acceptors (Lipinski definition) is 7. The third-order valence-electron chi connectivity index (χ3n) is 3.55. The third kappa shape index (κ3) is 10.8. The number of carbonyl (C=O) groups excluding carboxylic acids is 3. The zero-order chi connectivity index (χ0) is 19.1. The minimum Gasteiger partial charge on any atom is -0.466 e. The maximum Gasteiger partial charge on any atom is 0.339 e. The van der Waals surface area contributed by atoms with Crippen molar-refractivity contribution in [3.8, 4) is 0 Å². The topological polar surface area (TPSA) is 99.1 Å². The fraction of sp³-hybridized carbons (Fsp3) is 0.833. The Balaban J connectivity index is 4.63. The van der Waals surface area contributed by atoms with Crippen molar-refractivity contribution in [2.75, 3.05) is 19.8 Å². The summed E-state index contributed by atoms with van der Waals surface area (Å²) in [6.45, 7) is 6.07. The maximum absolute atomic E-state index is 12.0. The summed E-state index contributed by atoms with van der Waals surface area (Å²) < 4.78 is 14.8. The maximum atomic E-state index is 12.0. The first-order valence-electron chi connectivity index (χ1n) is 9.10. The fourth-order valence-electron chi connectivity index (χ4n) is 2.13. The Morgan fingerprint density at radius 2 is 1.20 bits per heavy atom. The summed E-state index contributed by atoms with van der Waals surface area (Å²) in [5.41, 5.74) is -2.26. The Hall–Kier alpha value is -1.63. The van der Waals surface area contributed by atoms with E-state index in [1.165, 1.54) is 0 Å². The molecule has 0 radical (unpaired) electrons. The number of aliphatic hydroxyl groups is 1. The molecule has 7 heteroatoms. The van der Waals surface area contributed by atoms with Crippen LogP contribution in [0.4, 0.5) is 0 Å². The Morgan fingerprint density at radius 3 is 1.56 bits per heavy atom. The molecule has 0 fully saturated rings. The molecule has 0 saturated carbocycles. The van der Waals surface area contributed by atoms with Crippen molar-refractivity contribution in [1.29, 1.82) is 0 Å². The molecule has 0 aliphatic rings. The molecule has 0 aliphatic carbocycles. The summed E-state index contributed by atoms with van der Waals surface area (Å²) in [6, 6.07) is 0. The molecule has 0 bridgehead atoms. The molecule has 7 nitrogen and oxygen atoms in total. The molecule has 25 heavy (non-hydrogen) atoms. The van der Waals surface area contributed by atoms with Crippen LogP contribution in [0.1, 0.15) is 72.1 Å². The molecular formula is C18H32O7. The molecule has 0 heterocycles. The molecule has 0 aromatic rings. The number of unbranched alkanes of at least 4 members (excludes halogenated alkanes) is 4. The minimum atomic E-state index is -2.26. The van der Waals surface area contributed by atoms with Gasteiger partial charge in [-0.1, -0.05) is 39.5 Å². The van der Waals surface area contributed by atoms with Crippen LogP contribution < -0.4 is 0 Å². The molecule has 0 unspecified atom stereocenters. The Bertz CT molecular complexity index is 380. The predicted octanol–water partition coefficient (Wildman–Crippen LogP) is 2.53. The van der Waals surface area contributed by atoms with E-state index in [0.717, 1.165) is 25.7 Å². The molecule has 0 aromatic heterocycles. The van der Waals surface area contributed by atoms with Gasteiger partial charge >= 0.3 is 17.9 Å². The van der Waals surface area contributed by atoms with Crippen LogP contribution in [0.5, 0.6) is 0 Å². The van der Waals surface area contributed by atoms with Gasteiger partial charge in [0.1, 0.15) is 0 Å². The Kier molecular flexibility index (Phi) is 12.7. The van der Waals surface area contributed by atoms with Crippen molar-refractivity contribution >= 4 is 17.9 Å². The van der Waals surface area contributed by atoms with E-state index in [4.69, 9.17) is 14.2 Å². The zero-order valence-corrected chi connectivity index (χ0v) is 15.7. The molecule has 0 aliphatic heterocycles. The second kappa shape index (κ2) is 13.6. The number of rotatable bonds is 14. The van der Waals surface area contributed by atoms with Crippen LogP contribution in [0.3, 0.4) is 0 Å². The van der Waals surface area contributed by atoms with Gasteiger partial charge in [0.25, 0.3) is 0 Å². The van der Waals surface area contributed by atoms with Gasteiger partial charge in [0, 0.05) is 0 Å². The molecule has 0 amide bonds. The van der Waals surface area contributed by atoms with Gasteiger partial charge in [-0.2, -0.15) is 0 Å². The van der Waals surface area contributed by atoms with Crippen LogP contribution in [-0.4, -0.2) is 48.4 Å². The molecule has 0 saturated heterocycles. The van der Waals surface area contributed by atoms with Crippen molar-refractivity contribution in [2.45, 2.75) is 77.7 Å². The van der Waals surface area contributed by atoms with Crippen LogP contribution in [0.15, 0.2) is 0 Å². The van der Waals surface area contributed by atoms with Gasteiger partial charge in [-0.05, 0) is 19.8 Å². The highest BCUT2D eigenvalue weighted by molar-refractivity contribution is 5.90. The fourth-order valence-corrected chi connectivity index (χ4v) is 2.13. The van der Waals surface area contributed by atoms with Gasteiger partial charge in [-0.15, -0.1) is 0 Å². The van der Waals surface area contributed by atoms with E-state index >= 15 is 0 Å². The molecule has 0 atom stereocenters. The van der Waals surface area contributed by atoms with E-state index in [1.807, 2.05) is 13.8 Å². The summed E-state index contributed by atoms with van der Waals surface area (Å²) in [4.78, 5) is 35.7. The highest BCUT2D eigenvalue weighted by Crippen LogP contribution is 2.20. The van der Waals surface area contributed by atoms with Crippen molar-refractivity contribution in [2.24, 2.45) is 0 Å². The predicted molar refractivity (Wildman–Crippen MR) is 91.8 cm³/mol. The summed E-state index contributed by atoms with van der Waals surface area (Å²) >= 11 is 0. The molecule has 0 spiro atoms. The van der Waals surface area contributed by atoms with Gasteiger partial charge in [-0.25, -0.2) is 4.79 Å². The van der Waals surface area contributed by atoms with E-state index < -0.39 is 36.4 Å². The smallest absolute Gasteiger partial charge is 0.339 e. The van der Waals surface area contributed by atoms with E-state index in [9.17, 15) is 19.5 Å². The first-order chi connectivity index (χ1) is 11.9. The second-order valence-electron chi connectivity index (χ2n) is 5.96. The number of esters is 3. The summed E-state index contributed by atoms with van der Waals surface area (Å²) in [5, 5.41) is 10.5. The zero-order valence-electron chi connectivity index (χ0n) is 15.7. The summed E-state index contributed by atoms with van der Waals surface area (Å²) in [5.74, 6) is -2.51. The van der Waals surface area contributed by atoms with Crippen LogP contribution in [-0.2, 0) is 28.6 Å². The van der Waals surface area contributed by atoms with Gasteiger partial charge in [0.05, 0.1) is 32.7 Å². The van der Waals surface area contributed by atoms with Crippen LogP contribution >= 0.6 is 0 Å². The second-order valence-corrected chi connectivity index (χ2v) is 5.96. The van der Waals surface area contributed by atoms with Crippen molar-refractivity contribution in [3.05, 3.63) is 0 Å². The van der Waals surface area contributed by atoms with Crippen molar-refractivity contribution < 1.29 is 33.7 Å². The summed E-state index contributed by atoms with van der Waals surface area (Å²) in [6.07, 6.45) is 3.94. The lowest BCUT2D eigenvalue weighted by atomic mass is 9.95. The number of ether oxygens (including phenoxy) is 3. The molecule has 146 valence electrons. The Labute approximate surface area is 150 Å². The molecule has 1 N–H and O–H groups in total. The highest BCUT2D eigenvalue weighted by atomic mass is 16.6. The third-order valence-corrected chi connectivity index (χ3v) is 3.55. The minimum absolute atomic E-state index is 0.0260. The van der Waals surface area contributed by atoms with Gasteiger partial charge in [0.15, 0.2) is 5.60 Å². The first kappa shape index (κ1) is 23.4. The SMILES string of the molecule is CCCCCOC(=O)CC(O)(CC(=O)OCCCCC)C(=O)OCC. The van der Waals surface area contributed by atoms with Gasteiger partial charge < -0.3 is 19.3 Å². The number of carbonyl (C=O) groups is 3. The largest absolute Gasteiger partial charge is 0.466 e. The van der Waals surface area contributed by atoms with Crippen LogP contribution in [0, 0.1) is 0 Å². The van der Waals surface area contributed by atoms with E-state index in [1.54, 1.807) is 6.92 Å².